The van der Waals surface area contributed by atoms with Crippen molar-refractivity contribution in [1.29, 1.82) is 0 Å². The van der Waals surface area contributed by atoms with Crippen molar-refractivity contribution in [2.45, 2.75) is 20.3 Å². The summed E-state index contributed by atoms with van der Waals surface area (Å²) < 4.78 is 1.90. The summed E-state index contributed by atoms with van der Waals surface area (Å²) in [7, 11) is 0. The fraction of sp³-hybridized carbons (Fsp3) is 0.190. The van der Waals surface area contributed by atoms with E-state index in [4.69, 9.17) is 21.7 Å². The third-order valence-electron chi connectivity index (χ3n) is 4.63. The standard InChI is InChI=1S/C21H18ClN5S/c1-12(2)9-17-14-8-7-13(22)10-19(14)27(26-17)21-25-18(11-28-21)20-23-15-5-3-4-6-16(15)24-20/h3-8,10-12H,9H2,1-2H3,(H,23,24). The first-order valence-electron chi connectivity index (χ1n) is 9.16. The second-order valence-electron chi connectivity index (χ2n) is 7.24. The molecule has 0 aliphatic carbocycles. The average Bonchev–Trinajstić information content (AvgIpc) is 3.37. The Labute approximate surface area is 171 Å². The van der Waals surface area contributed by atoms with Crippen molar-refractivity contribution >= 4 is 44.9 Å². The highest BCUT2D eigenvalue weighted by atomic mass is 35.5. The van der Waals surface area contributed by atoms with Crippen molar-refractivity contribution in [1.82, 2.24) is 24.7 Å². The molecule has 0 saturated carbocycles. The predicted molar refractivity (Wildman–Crippen MR) is 115 cm³/mol. The summed E-state index contributed by atoms with van der Waals surface area (Å²) in [5.74, 6) is 1.28. The van der Waals surface area contributed by atoms with Gasteiger partial charge in [0.2, 0.25) is 5.13 Å². The highest BCUT2D eigenvalue weighted by Gasteiger charge is 2.17. The van der Waals surface area contributed by atoms with Crippen molar-refractivity contribution in [2.75, 3.05) is 0 Å². The van der Waals surface area contributed by atoms with Gasteiger partial charge in [-0.15, -0.1) is 11.3 Å². The zero-order chi connectivity index (χ0) is 19.3. The Hall–Kier alpha value is -2.70. The van der Waals surface area contributed by atoms with Crippen LogP contribution in [0, 0.1) is 5.92 Å². The molecule has 5 rings (SSSR count). The Bertz CT molecular complexity index is 1260. The smallest absolute Gasteiger partial charge is 0.211 e. The van der Waals surface area contributed by atoms with Crippen LogP contribution in [-0.4, -0.2) is 24.7 Å². The Morgan fingerprint density at radius 1 is 1.14 bits per heavy atom. The van der Waals surface area contributed by atoms with Crippen LogP contribution in [0.5, 0.6) is 0 Å². The van der Waals surface area contributed by atoms with E-state index in [0.717, 1.165) is 50.7 Å². The number of fused-ring (bicyclic) bond motifs is 2. The van der Waals surface area contributed by atoms with Crippen LogP contribution in [0.3, 0.4) is 0 Å². The first-order chi connectivity index (χ1) is 13.6. The lowest BCUT2D eigenvalue weighted by molar-refractivity contribution is 0.631. The molecule has 140 valence electrons. The maximum atomic E-state index is 6.27. The second-order valence-corrected chi connectivity index (χ2v) is 8.51. The fourth-order valence-electron chi connectivity index (χ4n) is 3.38. The quantitative estimate of drug-likeness (QED) is 0.404. The molecule has 0 atom stereocenters. The molecule has 5 nitrogen and oxygen atoms in total. The zero-order valence-corrected chi connectivity index (χ0v) is 17.1. The molecule has 0 bridgehead atoms. The molecule has 3 aromatic heterocycles. The molecular formula is C21H18ClN5S. The van der Waals surface area contributed by atoms with Crippen LogP contribution in [-0.2, 0) is 6.42 Å². The largest absolute Gasteiger partial charge is 0.337 e. The summed E-state index contributed by atoms with van der Waals surface area (Å²) in [5.41, 5.74) is 4.80. The van der Waals surface area contributed by atoms with Crippen LogP contribution in [0.1, 0.15) is 19.5 Å². The zero-order valence-electron chi connectivity index (χ0n) is 15.5. The van der Waals surface area contributed by atoms with E-state index in [1.807, 2.05) is 52.5 Å². The Morgan fingerprint density at radius 3 is 2.82 bits per heavy atom. The number of imidazole rings is 1. The van der Waals surface area contributed by atoms with Gasteiger partial charge in [-0.2, -0.15) is 5.10 Å². The van der Waals surface area contributed by atoms with E-state index in [-0.39, 0.29) is 0 Å². The van der Waals surface area contributed by atoms with E-state index in [0.29, 0.717) is 10.9 Å². The number of halogens is 1. The number of rotatable bonds is 4. The second kappa shape index (κ2) is 6.72. The van der Waals surface area contributed by atoms with E-state index in [1.54, 1.807) is 11.3 Å². The van der Waals surface area contributed by atoms with Gasteiger partial charge in [-0.05, 0) is 42.7 Å². The Morgan fingerprint density at radius 2 is 2.00 bits per heavy atom. The van der Waals surface area contributed by atoms with Gasteiger partial charge in [-0.1, -0.05) is 37.6 Å². The number of aromatic amines is 1. The number of aromatic nitrogens is 5. The molecular weight excluding hydrogens is 390 g/mol. The molecule has 7 heteroatoms. The minimum Gasteiger partial charge on any atom is -0.337 e. The third kappa shape index (κ3) is 2.99. The normalized spacial score (nSPS) is 11.9. The summed E-state index contributed by atoms with van der Waals surface area (Å²) in [6.45, 7) is 4.40. The first-order valence-corrected chi connectivity index (χ1v) is 10.4. The van der Waals surface area contributed by atoms with Gasteiger partial charge in [-0.3, -0.25) is 0 Å². The van der Waals surface area contributed by atoms with Crippen LogP contribution in [0.4, 0.5) is 0 Å². The van der Waals surface area contributed by atoms with Crippen LogP contribution < -0.4 is 0 Å². The molecule has 0 amide bonds. The van der Waals surface area contributed by atoms with Crippen LogP contribution in [0.25, 0.3) is 38.6 Å². The van der Waals surface area contributed by atoms with Crippen molar-refractivity contribution in [3.8, 4) is 16.6 Å². The molecule has 0 unspecified atom stereocenters. The molecule has 5 aromatic rings. The molecule has 0 fully saturated rings. The predicted octanol–water partition coefficient (Wildman–Crippen LogP) is 5.88. The Kier molecular flexibility index (Phi) is 4.18. The van der Waals surface area contributed by atoms with Crippen LogP contribution in [0.15, 0.2) is 47.8 Å². The number of nitrogens with zero attached hydrogens (tertiary/aromatic N) is 4. The number of benzene rings is 2. The van der Waals surface area contributed by atoms with E-state index in [2.05, 4.69) is 23.8 Å². The summed E-state index contributed by atoms with van der Waals surface area (Å²) in [5, 5.41) is 9.49. The highest BCUT2D eigenvalue weighted by molar-refractivity contribution is 7.12. The molecule has 1 N–H and O–H groups in total. The van der Waals surface area contributed by atoms with Crippen LogP contribution in [0.2, 0.25) is 5.02 Å². The minimum absolute atomic E-state index is 0.518. The molecule has 0 radical (unpaired) electrons. The molecule has 0 saturated heterocycles. The van der Waals surface area contributed by atoms with Crippen molar-refractivity contribution in [3.05, 3.63) is 58.6 Å². The van der Waals surface area contributed by atoms with Gasteiger partial charge in [0.25, 0.3) is 0 Å². The van der Waals surface area contributed by atoms with Crippen molar-refractivity contribution in [3.63, 3.8) is 0 Å². The molecule has 2 aromatic carbocycles. The van der Waals surface area contributed by atoms with E-state index in [1.165, 1.54) is 0 Å². The lowest BCUT2D eigenvalue weighted by Gasteiger charge is -2.00. The maximum absolute atomic E-state index is 6.27. The number of para-hydroxylation sites is 2. The number of thiazole rings is 1. The summed E-state index contributed by atoms with van der Waals surface area (Å²) in [6, 6.07) is 13.9. The molecule has 3 heterocycles. The SMILES string of the molecule is CC(C)Cc1nn(-c2nc(-c3nc4ccccc4[nH]3)cs2)c2cc(Cl)ccc12. The summed E-state index contributed by atoms with van der Waals surface area (Å²) in [4.78, 5) is 12.8. The van der Waals surface area contributed by atoms with Crippen LogP contribution >= 0.6 is 22.9 Å². The lowest BCUT2D eigenvalue weighted by Crippen LogP contribution is -1.99. The average molecular weight is 408 g/mol. The molecule has 28 heavy (non-hydrogen) atoms. The van der Waals surface area contributed by atoms with Crippen molar-refractivity contribution < 1.29 is 0 Å². The van der Waals surface area contributed by atoms with Gasteiger partial charge in [0.15, 0.2) is 5.82 Å². The number of nitrogens with one attached hydrogen (secondary N) is 1. The number of hydrogen-bond donors (Lipinski definition) is 1. The highest BCUT2D eigenvalue weighted by Crippen LogP contribution is 2.30. The molecule has 0 spiro atoms. The van der Waals surface area contributed by atoms with Gasteiger partial charge >= 0.3 is 0 Å². The third-order valence-corrected chi connectivity index (χ3v) is 5.68. The first kappa shape index (κ1) is 17.4. The van der Waals surface area contributed by atoms with Gasteiger partial charge in [-0.25, -0.2) is 14.6 Å². The van der Waals surface area contributed by atoms with Gasteiger partial charge in [0, 0.05) is 15.8 Å². The van der Waals surface area contributed by atoms with Gasteiger partial charge in [0.1, 0.15) is 5.69 Å². The monoisotopic (exact) mass is 407 g/mol. The van der Waals surface area contributed by atoms with Gasteiger partial charge < -0.3 is 4.98 Å². The lowest BCUT2D eigenvalue weighted by atomic mass is 10.1. The van der Waals surface area contributed by atoms with Gasteiger partial charge in [0.05, 0.1) is 22.2 Å². The molecule has 0 aliphatic heterocycles. The van der Waals surface area contributed by atoms with E-state index in [9.17, 15) is 0 Å². The maximum Gasteiger partial charge on any atom is 0.211 e. The summed E-state index contributed by atoms with van der Waals surface area (Å²) in [6.07, 6.45) is 0.910. The number of H-pyrrole nitrogens is 1. The molecule has 0 aliphatic rings. The Balaban J connectivity index is 1.62. The summed E-state index contributed by atoms with van der Waals surface area (Å²) >= 11 is 7.81. The van der Waals surface area contributed by atoms with E-state index < -0.39 is 0 Å². The fourth-order valence-corrected chi connectivity index (χ4v) is 4.32. The number of hydrogen-bond acceptors (Lipinski definition) is 4. The van der Waals surface area contributed by atoms with Crippen molar-refractivity contribution in [2.24, 2.45) is 5.92 Å². The minimum atomic E-state index is 0.518. The topological polar surface area (TPSA) is 59.4 Å². The van der Waals surface area contributed by atoms with E-state index >= 15 is 0 Å².